The van der Waals surface area contributed by atoms with Crippen molar-refractivity contribution in [2.75, 3.05) is 31.3 Å². The van der Waals surface area contributed by atoms with Crippen molar-refractivity contribution in [3.63, 3.8) is 0 Å². The number of methoxy groups -OCH3 is 1. The van der Waals surface area contributed by atoms with Crippen molar-refractivity contribution in [3.05, 3.63) is 66.2 Å². The minimum atomic E-state index is -0.283. The first-order chi connectivity index (χ1) is 15.0. The molecule has 8 heteroatoms. The molecule has 8 nitrogen and oxygen atoms in total. The molecule has 0 unspecified atom stereocenters. The number of amides is 1. The fourth-order valence-electron chi connectivity index (χ4n) is 3.51. The molecule has 3 N–H and O–H groups in total. The van der Waals surface area contributed by atoms with Crippen LogP contribution in [0.25, 0.3) is 0 Å². The molecule has 4 rings (SSSR count). The first-order valence-corrected chi connectivity index (χ1v) is 9.96. The number of nitrogens with zero attached hydrogens (tertiary/aromatic N) is 2. The number of rotatable bonds is 7. The van der Waals surface area contributed by atoms with E-state index in [0.717, 1.165) is 30.9 Å². The van der Waals surface area contributed by atoms with Gasteiger partial charge in [0.05, 0.1) is 12.8 Å². The van der Waals surface area contributed by atoms with Gasteiger partial charge < -0.3 is 25.0 Å². The van der Waals surface area contributed by atoms with E-state index in [4.69, 9.17) is 9.47 Å². The van der Waals surface area contributed by atoms with Crippen molar-refractivity contribution in [1.82, 2.24) is 15.1 Å². The van der Waals surface area contributed by atoms with E-state index in [1.165, 1.54) is 17.2 Å². The third-order valence-corrected chi connectivity index (χ3v) is 5.06. The number of H-pyrrole nitrogens is 1. The van der Waals surface area contributed by atoms with E-state index >= 15 is 0 Å². The lowest BCUT2D eigenvalue weighted by atomic mass is 9.98. The third kappa shape index (κ3) is 4.87. The fraction of sp³-hybridized carbons (Fsp3) is 0.217. The molecule has 2 aromatic carbocycles. The zero-order valence-electron chi connectivity index (χ0n) is 17.6. The summed E-state index contributed by atoms with van der Waals surface area (Å²) < 4.78 is 11.4. The standard InChI is InChI=1S/C23H25N5O3/c1-4-22(29)24-17-6-5-7-18(12-17)31-23-13-21(26-27-23)25-19-10-15-8-9-28(2)14-16(15)11-20(19)30-3/h4-7,10-13H,1,8-9,14H2,2-3H3,(H,24,29)(H2,25,26,27). The zero-order valence-corrected chi connectivity index (χ0v) is 17.6. The zero-order chi connectivity index (χ0) is 21.8. The highest BCUT2D eigenvalue weighted by Crippen LogP contribution is 2.34. The number of aromatic nitrogens is 2. The van der Waals surface area contributed by atoms with Crippen molar-refractivity contribution in [2.45, 2.75) is 13.0 Å². The van der Waals surface area contributed by atoms with Crippen LogP contribution in [0.5, 0.6) is 17.4 Å². The Morgan fingerprint density at radius 3 is 2.94 bits per heavy atom. The average molecular weight is 419 g/mol. The van der Waals surface area contributed by atoms with E-state index < -0.39 is 0 Å². The molecule has 0 fully saturated rings. The maximum absolute atomic E-state index is 11.5. The minimum Gasteiger partial charge on any atom is -0.495 e. The number of likely N-dealkylation sites (N-methyl/N-ethyl adjacent to an activating group) is 1. The van der Waals surface area contributed by atoms with Gasteiger partial charge in [0.1, 0.15) is 17.3 Å². The number of carbonyl (C=O) groups is 1. The Bertz CT molecular complexity index is 1110. The van der Waals surface area contributed by atoms with Crippen LogP contribution in [0.1, 0.15) is 11.1 Å². The molecule has 0 saturated carbocycles. The van der Waals surface area contributed by atoms with Crippen LogP contribution in [-0.4, -0.2) is 41.7 Å². The van der Waals surface area contributed by atoms with Gasteiger partial charge in [0.15, 0.2) is 0 Å². The molecule has 1 aliphatic heterocycles. The number of hydrogen-bond donors (Lipinski definition) is 3. The summed E-state index contributed by atoms with van der Waals surface area (Å²) >= 11 is 0. The molecule has 0 spiro atoms. The van der Waals surface area contributed by atoms with Crippen molar-refractivity contribution < 1.29 is 14.3 Å². The summed E-state index contributed by atoms with van der Waals surface area (Å²) in [6, 6.07) is 13.0. The summed E-state index contributed by atoms with van der Waals surface area (Å²) in [4.78, 5) is 13.8. The molecule has 1 aromatic heterocycles. The molecule has 0 radical (unpaired) electrons. The van der Waals surface area contributed by atoms with Crippen LogP contribution in [0.2, 0.25) is 0 Å². The summed E-state index contributed by atoms with van der Waals surface area (Å²) in [7, 11) is 3.79. The van der Waals surface area contributed by atoms with E-state index in [-0.39, 0.29) is 5.91 Å². The summed E-state index contributed by atoms with van der Waals surface area (Å²) in [5.74, 6) is 2.12. The molecule has 0 aliphatic carbocycles. The number of hydrogen-bond acceptors (Lipinski definition) is 6. The topological polar surface area (TPSA) is 91.5 Å². The summed E-state index contributed by atoms with van der Waals surface area (Å²) in [5.41, 5.74) is 4.08. The van der Waals surface area contributed by atoms with Crippen LogP contribution < -0.4 is 20.1 Å². The predicted octanol–water partition coefficient (Wildman–Crippen LogP) is 4.07. The summed E-state index contributed by atoms with van der Waals surface area (Å²) in [6.07, 6.45) is 2.22. The van der Waals surface area contributed by atoms with E-state index in [1.807, 2.05) is 0 Å². The average Bonchev–Trinajstić information content (AvgIpc) is 3.20. The highest BCUT2D eigenvalue weighted by atomic mass is 16.5. The maximum atomic E-state index is 11.5. The van der Waals surface area contributed by atoms with E-state index in [2.05, 4.69) is 51.5 Å². The first-order valence-electron chi connectivity index (χ1n) is 9.96. The lowest BCUT2D eigenvalue weighted by molar-refractivity contribution is -0.111. The number of anilines is 3. The molecule has 160 valence electrons. The molecular weight excluding hydrogens is 394 g/mol. The molecule has 0 saturated heterocycles. The molecular formula is C23H25N5O3. The normalized spacial score (nSPS) is 13.2. The summed E-state index contributed by atoms with van der Waals surface area (Å²) in [5, 5.41) is 13.2. The lowest BCUT2D eigenvalue weighted by Gasteiger charge is -2.26. The van der Waals surface area contributed by atoms with Crippen LogP contribution in [-0.2, 0) is 17.8 Å². The van der Waals surface area contributed by atoms with Gasteiger partial charge in [-0.3, -0.25) is 9.89 Å². The Morgan fingerprint density at radius 1 is 1.26 bits per heavy atom. The van der Waals surface area contributed by atoms with Gasteiger partial charge in [-0.05, 0) is 54.9 Å². The second kappa shape index (κ2) is 8.93. The van der Waals surface area contributed by atoms with Gasteiger partial charge in [0.2, 0.25) is 11.8 Å². The largest absolute Gasteiger partial charge is 0.495 e. The Morgan fingerprint density at radius 2 is 2.13 bits per heavy atom. The van der Waals surface area contributed by atoms with E-state index in [9.17, 15) is 4.79 Å². The first kappa shape index (κ1) is 20.5. The van der Waals surface area contributed by atoms with Crippen molar-refractivity contribution in [2.24, 2.45) is 0 Å². The molecule has 0 bridgehead atoms. The van der Waals surface area contributed by atoms with Gasteiger partial charge in [0, 0.05) is 30.9 Å². The molecule has 0 atom stereocenters. The predicted molar refractivity (Wildman–Crippen MR) is 120 cm³/mol. The second-order valence-electron chi connectivity index (χ2n) is 7.38. The van der Waals surface area contributed by atoms with Gasteiger partial charge in [-0.25, -0.2) is 0 Å². The van der Waals surface area contributed by atoms with Crippen LogP contribution in [0, 0.1) is 0 Å². The van der Waals surface area contributed by atoms with Crippen LogP contribution in [0.3, 0.4) is 0 Å². The van der Waals surface area contributed by atoms with Crippen LogP contribution in [0.4, 0.5) is 17.2 Å². The van der Waals surface area contributed by atoms with Gasteiger partial charge in [-0.2, -0.15) is 0 Å². The molecule has 1 aliphatic rings. The highest BCUT2D eigenvalue weighted by Gasteiger charge is 2.17. The fourth-order valence-corrected chi connectivity index (χ4v) is 3.51. The Balaban J connectivity index is 1.48. The third-order valence-electron chi connectivity index (χ3n) is 5.06. The molecule has 2 heterocycles. The monoisotopic (exact) mass is 419 g/mol. The minimum absolute atomic E-state index is 0.283. The molecule has 3 aromatic rings. The van der Waals surface area contributed by atoms with E-state index in [0.29, 0.717) is 23.1 Å². The number of benzene rings is 2. The second-order valence-corrected chi connectivity index (χ2v) is 7.38. The van der Waals surface area contributed by atoms with Crippen LogP contribution in [0.15, 0.2) is 55.1 Å². The lowest BCUT2D eigenvalue weighted by Crippen LogP contribution is -2.26. The van der Waals surface area contributed by atoms with Crippen molar-refractivity contribution in [3.8, 4) is 17.4 Å². The highest BCUT2D eigenvalue weighted by molar-refractivity contribution is 5.98. The van der Waals surface area contributed by atoms with Gasteiger partial charge in [0.25, 0.3) is 0 Å². The van der Waals surface area contributed by atoms with Crippen molar-refractivity contribution in [1.29, 1.82) is 0 Å². The van der Waals surface area contributed by atoms with Gasteiger partial charge in [-0.1, -0.05) is 12.6 Å². The van der Waals surface area contributed by atoms with E-state index in [1.54, 1.807) is 37.4 Å². The number of aromatic amines is 1. The van der Waals surface area contributed by atoms with Gasteiger partial charge >= 0.3 is 0 Å². The number of nitrogens with one attached hydrogen (secondary N) is 3. The smallest absolute Gasteiger partial charge is 0.247 e. The SMILES string of the molecule is C=CC(=O)Nc1cccc(Oc2cc(Nc3cc4c(cc3OC)CN(C)CC4)[nH]n2)c1. The number of carbonyl (C=O) groups excluding carboxylic acids is 1. The van der Waals surface area contributed by atoms with Gasteiger partial charge in [-0.15, -0.1) is 5.10 Å². The number of fused-ring (bicyclic) bond motifs is 1. The Kier molecular flexibility index (Phi) is 5.90. The summed E-state index contributed by atoms with van der Waals surface area (Å²) in [6.45, 7) is 5.40. The quantitative estimate of drug-likeness (QED) is 0.500. The van der Waals surface area contributed by atoms with Crippen molar-refractivity contribution >= 4 is 23.1 Å². The maximum Gasteiger partial charge on any atom is 0.247 e. The van der Waals surface area contributed by atoms with Crippen LogP contribution >= 0.6 is 0 Å². The Hall–Kier alpha value is -3.78. The molecule has 31 heavy (non-hydrogen) atoms. The Labute approximate surface area is 180 Å². The molecule has 1 amide bonds. The number of ether oxygens (including phenoxy) is 2.